The van der Waals surface area contributed by atoms with E-state index in [1.54, 1.807) is 18.2 Å². The lowest BCUT2D eigenvalue weighted by Crippen LogP contribution is -2.30. The molecule has 0 aliphatic carbocycles. The van der Waals surface area contributed by atoms with Crippen LogP contribution in [0.25, 0.3) is 6.08 Å². The average Bonchev–Trinajstić information content (AvgIpc) is 3.44. The molecule has 9 heteroatoms. The van der Waals surface area contributed by atoms with E-state index in [-0.39, 0.29) is 24.8 Å². The molecule has 3 aromatic carbocycles. The van der Waals surface area contributed by atoms with Gasteiger partial charge in [0.15, 0.2) is 22.7 Å². The van der Waals surface area contributed by atoms with Crippen LogP contribution in [0.2, 0.25) is 10.0 Å². The molecule has 180 valence electrons. The first-order valence-corrected chi connectivity index (χ1v) is 12.7. The van der Waals surface area contributed by atoms with Gasteiger partial charge in [-0.05, 0) is 65.6 Å². The van der Waals surface area contributed by atoms with Gasteiger partial charge >= 0.3 is 0 Å². The van der Waals surface area contributed by atoms with Gasteiger partial charge in [-0.3, -0.25) is 4.79 Å². The number of halogens is 2. The summed E-state index contributed by atoms with van der Waals surface area (Å²) in [4.78, 5) is 13.1. The first-order chi connectivity index (χ1) is 17.0. The van der Waals surface area contributed by atoms with Crippen LogP contribution >= 0.6 is 35.0 Å². The zero-order chi connectivity index (χ0) is 24.4. The summed E-state index contributed by atoms with van der Waals surface area (Å²) >= 11 is 14.3. The zero-order valence-electron chi connectivity index (χ0n) is 18.8. The van der Waals surface area contributed by atoms with Crippen LogP contribution in [0.15, 0.2) is 59.5 Å². The molecule has 6 nitrogen and oxygen atoms in total. The number of hydrogen-bond donors (Lipinski definition) is 2. The van der Waals surface area contributed by atoms with Crippen LogP contribution in [-0.4, -0.2) is 18.2 Å². The van der Waals surface area contributed by atoms with Gasteiger partial charge in [0.1, 0.15) is 6.61 Å². The molecule has 1 amide bonds. The number of nitrogens with one attached hydrogen (secondary N) is 2. The number of hydrogen-bond acceptors (Lipinski definition) is 6. The van der Waals surface area contributed by atoms with Gasteiger partial charge in [-0.15, -0.1) is 0 Å². The third kappa shape index (κ3) is 5.48. The highest BCUT2D eigenvalue weighted by Crippen LogP contribution is 2.38. The van der Waals surface area contributed by atoms with Crippen LogP contribution in [0.1, 0.15) is 23.6 Å². The maximum Gasteiger partial charge on any atom is 0.260 e. The van der Waals surface area contributed by atoms with Crippen molar-refractivity contribution in [1.29, 1.82) is 0 Å². The van der Waals surface area contributed by atoms with Crippen molar-refractivity contribution in [3.63, 3.8) is 0 Å². The molecule has 1 atom stereocenters. The fourth-order valence-electron chi connectivity index (χ4n) is 3.69. The second-order valence-electron chi connectivity index (χ2n) is 7.96. The second kappa shape index (κ2) is 10.3. The molecule has 0 spiro atoms. The van der Waals surface area contributed by atoms with E-state index in [1.807, 2.05) is 30.3 Å². The standard InChI is InChI=1S/C26H22Cl2N2O4S/c1-2-15-3-6-18(7-4-15)29-26-30-25(31)23(35-26)12-17-9-19(27)24(20(28)10-17)32-13-16-5-8-21-22(11-16)34-14-33-21/h3-12,26,29H,2,13-14H2,1H3,(H,30,31)/b23-12-/t26-/m0/s1. The number of anilines is 1. The fraction of sp³-hybridized carbons (Fsp3) is 0.192. The molecule has 0 bridgehead atoms. The predicted molar refractivity (Wildman–Crippen MR) is 140 cm³/mol. The Hall–Kier alpha value is -3.00. The van der Waals surface area contributed by atoms with Crippen molar-refractivity contribution >= 4 is 52.6 Å². The molecular weight excluding hydrogens is 507 g/mol. The van der Waals surface area contributed by atoms with Crippen molar-refractivity contribution in [2.45, 2.75) is 25.4 Å². The summed E-state index contributed by atoms with van der Waals surface area (Å²) < 4.78 is 16.6. The largest absolute Gasteiger partial charge is 0.486 e. The third-order valence-corrected chi connectivity index (χ3v) is 7.12. The molecule has 3 aromatic rings. The molecule has 1 saturated heterocycles. The van der Waals surface area contributed by atoms with Crippen LogP contribution in [0.5, 0.6) is 17.2 Å². The minimum Gasteiger partial charge on any atom is -0.486 e. The van der Waals surface area contributed by atoms with Gasteiger partial charge in [-0.1, -0.05) is 60.1 Å². The van der Waals surface area contributed by atoms with Crippen LogP contribution in [0.3, 0.4) is 0 Å². The van der Waals surface area contributed by atoms with Gasteiger partial charge in [0.2, 0.25) is 6.79 Å². The molecule has 0 aromatic heterocycles. The van der Waals surface area contributed by atoms with E-state index in [0.29, 0.717) is 37.8 Å². The van der Waals surface area contributed by atoms with Crippen molar-refractivity contribution in [1.82, 2.24) is 5.32 Å². The molecule has 1 fully saturated rings. The first-order valence-electron chi connectivity index (χ1n) is 11.0. The Kier molecular flexibility index (Phi) is 7.00. The summed E-state index contributed by atoms with van der Waals surface area (Å²) in [5, 5.41) is 6.97. The minimum atomic E-state index is -0.267. The molecule has 35 heavy (non-hydrogen) atoms. The Balaban J connectivity index is 1.25. The topological polar surface area (TPSA) is 68.8 Å². The number of carbonyl (C=O) groups excluding carboxylic acids is 1. The van der Waals surface area contributed by atoms with Crippen molar-refractivity contribution in [3.05, 3.63) is 86.2 Å². The normalized spacial score (nSPS) is 17.5. The van der Waals surface area contributed by atoms with E-state index >= 15 is 0 Å². The van der Waals surface area contributed by atoms with E-state index in [0.717, 1.165) is 17.7 Å². The summed E-state index contributed by atoms with van der Waals surface area (Å²) in [6, 6.07) is 17.2. The summed E-state index contributed by atoms with van der Waals surface area (Å²) in [5.74, 6) is 1.62. The molecule has 2 heterocycles. The molecule has 2 N–H and O–H groups in total. The molecule has 0 saturated carbocycles. The molecule has 5 rings (SSSR count). The fourth-order valence-corrected chi connectivity index (χ4v) is 5.29. The van der Waals surface area contributed by atoms with Crippen LogP contribution in [0, 0.1) is 0 Å². The van der Waals surface area contributed by atoms with Gasteiger partial charge in [-0.25, -0.2) is 0 Å². The minimum absolute atomic E-state index is 0.159. The summed E-state index contributed by atoms with van der Waals surface area (Å²) in [6.07, 6.45) is 2.75. The van der Waals surface area contributed by atoms with Crippen molar-refractivity contribution in [3.8, 4) is 17.2 Å². The second-order valence-corrected chi connectivity index (χ2v) is 9.93. The summed E-state index contributed by atoms with van der Waals surface area (Å²) in [5.41, 5.74) is 3.54. The van der Waals surface area contributed by atoms with E-state index in [4.69, 9.17) is 37.4 Å². The van der Waals surface area contributed by atoms with Gasteiger partial charge in [0.25, 0.3) is 5.91 Å². The van der Waals surface area contributed by atoms with Gasteiger partial charge in [0.05, 0.1) is 15.0 Å². The van der Waals surface area contributed by atoms with Crippen molar-refractivity contribution in [2.24, 2.45) is 0 Å². The van der Waals surface area contributed by atoms with Gasteiger partial charge < -0.3 is 24.8 Å². The SMILES string of the molecule is CCc1ccc(N[C@H]2NC(=O)/C(=C/c3cc(Cl)c(OCc4ccc5c(c4)OCO5)c(Cl)c3)S2)cc1. The van der Waals surface area contributed by atoms with E-state index < -0.39 is 0 Å². The lowest BCUT2D eigenvalue weighted by molar-refractivity contribution is -0.116. The predicted octanol–water partition coefficient (Wildman–Crippen LogP) is 6.46. The number of benzene rings is 3. The highest BCUT2D eigenvalue weighted by Gasteiger charge is 2.27. The Morgan fingerprint density at radius 1 is 1.06 bits per heavy atom. The zero-order valence-corrected chi connectivity index (χ0v) is 21.1. The van der Waals surface area contributed by atoms with E-state index in [9.17, 15) is 4.79 Å². The molecule has 0 unspecified atom stereocenters. The Morgan fingerprint density at radius 3 is 2.51 bits per heavy atom. The number of fused-ring (bicyclic) bond motifs is 1. The number of amides is 1. The highest BCUT2D eigenvalue weighted by atomic mass is 35.5. The van der Waals surface area contributed by atoms with Gasteiger partial charge in [0, 0.05) is 5.69 Å². The maximum atomic E-state index is 12.5. The highest BCUT2D eigenvalue weighted by molar-refractivity contribution is 8.05. The number of rotatable bonds is 7. The lowest BCUT2D eigenvalue weighted by atomic mass is 10.1. The van der Waals surface area contributed by atoms with Crippen molar-refractivity contribution < 1.29 is 19.0 Å². The molecular formula is C26H22Cl2N2O4S. The monoisotopic (exact) mass is 528 g/mol. The third-order valence-electron chi connectivity index (χ3n) is 5.53. The van der Waals surface area contributed by atoms with E-state index in [1.165, 1.54) is 17.3 Å². The smallest absolute Gasteiger partial charge is 0.260 e. The van der Waals surface area contributed by atoms with Crippen molar-refractivity contribution in [2.75, 3.05) is 12.1 Å². The van der Waals surface area contributed by atoms with Gasteiger partial charge in [-0.2, -0.15) is 0 Å². The van der Waals surface area contributed by atoms with Crippen LogP contribution < -0.4 is 24.8 Å². The summed E-state index contributed by atoms with van der Waals surface area (Å²) in [6.45, 7) is 2.60. The molecule has 0 radical (unpaired) electrons. The maximum absolute atomic E-state index is 12.5. The summed E-state index contributed by atoms with van der Waals surface area (Å²) in [7, 11) is 0. The molecule has 2 aliphatic rings. The van der Waals surface area contributed by atoms with Crippen LogP contribution in [-0.2, 0) is 17.8 Å². The Labute approximate surface area is 217 Å². The number of aryl methyl sites for hydroxylation is 1. The number of carbonyl (C=O) groups is 1. The lowest BCUT2D eigenvalue weighted by Gasteiger charge is -2.13. The van der Waals surface area contributed by atoms with E-state index in [2.05, 4.69) is 29.7 Å². The number of thioether (sulfide) groups is 1. The van der Waals surface area contributed by atoms with Crippen LogP contribution in [0.4, 0.5) is 5.69 Å². The molecule has 2 aliphatic heterocycles. The average molecular weight is 529 g/mol. The Morgan fingerprint density at radius 2 is 1.77 bits per heavy atom. The Bertz CT molecular complexity index is 1270. The quantitative estimate of drug-likeness (QED) is 0.343. The number of ether oxygens (including phenoxy) is 3. The first kappa shape index (κ1) is 23.7.